The molecule has 3 aromatic rings. The van der Waals surface area contributed by atoms with E-state index < -0.39 is 11.5 Å². The van der Waals surface area contributed by atoms with Crippen molar-refractivity contribution in [2.45, 2.75) is 64.1 Å². The van der Waals surface area contributed by atoms with E-state index in [2.05, 4.69) is 46.1 Å². The van der Waals surface area contributed by atoms with Crippen LogP contribution in [0.3, 0.4) is 0 Å². The maximum Gasteiger partial charge on any atom is 0.311 e. The fourth-order valence-electron chi connectivity index (χ4n) is 5.80. The van der Waals surface area contributed by atoms with Gasteiger partial charge in [0.2, 0.25) is 5.91 Å². The topological polar surface area (TPSA) is 87.8 Å². The lowest BCUT2D eigenvalue weighted by atomic mass is 9.77. The second kappa shape index (κ2) is 11.0. The lowest BCUT2D eigenvalue weighted by Crippen LogP contribution is -2.57. The molecule has 2 aliphatic rings. The highest BCUT2D eigenvalue weighted by Gasteiger charge is 2.58. The van der Waals surface area contributed by atoms with E-state index in [1.807, 2.05) is 24.4 Å². The van der Waals surface area contributed by atoms with Gasteiger partial charge in [-0.05, 0) is 41.7 Å². The molecule has 1 aromatic heterocycles. The summed E-state index contributed by atoms with van der Waals surface area (Å²) in [5.41, 5.74) is 1.38. The quantitative estimate of drug-likeness (QED) is 0.435. The van der Waals surface area contributed by atoms with Crippen LogP contribution in [-0.2, 0) is 38.7 Å². The number of fused-ring (bicyclic) bond motifs is 1. The number of rotatable bonds is 9. The third kappa shape index (κ3) is 5.26. The van der Waals surface area contributed by atoms with Gasteiger partial charge in [0.25, 0.3) is 0 Å². The van der Waals surface area contributed by atoms with Crippen LogP contribution in [0.4, 0.5) is 0 Å². The molecule has 2 fully saturated rings. The Bertz CT molecular complexity index is 1250. The van der Waals surface area contributed by atoms with E-state index in [4.69, 9.17) is 9.57 Å². The molecule has 1 spiro atoms. The van der Waals surface area contributed by atoms with Gasteiger partial charge in [-0.3, -0.25) is 19.3 Å². The number of benzene rings is 2. The van der Waals surface area contributed by atoms with E-state index in [1.54, 1.807) is 0 Å². The van der Waals surface area contributed by atoms with Gasteiger partial charge in [-0.15, -0.1) is 0 Å². The minimum absolute atomic E-state index is 0.117. The SMILES string of the molecule is CCCCc1ncc(CN2CCC3(CC2)C(C(=O)OC)CC(=O)N3OCc2ccc3ccccc3c2)[nH]1. The van der Waals surface area contributed by atoms with Crippen LogP contribution >= 0.6 is 0 Å². The summed E-state index contributed by atoms with van der Waals surface area (Å²) in [6.45, 7) is 4.71. The molecule has 1 N–H and O–H groups in total. The Hall–Kier alpha value is -3.23. The molecule has 0 aliphatic carbocycles. The molecular formula is C29H36N4O4. The summed E-state index contributed by atoms with van der Waals surface area (Å²) >= 11 is 0. The average molecular weight is 505 g/mol. The van der Waals surface area contributed by atoms with Crippen LogP contribution in [0, 0.1) is 5.92 Å². The van der Waals surface area contributed by atoms with E-state index in [0.717, 1.165) is 66.8 Å². The number of esters is 1. The van der Waals surface area contributed by atoms with Crippen LogP contribution in [-0.4, -0.2) is 57.5 Å². The van der Waals surface area contributed by atoms with E-state index in [0.29, 0.717) is 12.8 Å². The molecule has 1 unspecified atom stereocenters. The molecule has 1 amide bonds. The lowest BCUT2D eigenvalue weighted by Gasteiger charge is -2.45. The van der Waals surface area contributed by atoms with Gasteiger partial charge in [0, 0.05) is 44.4 Å². The van der Waals surface area contributed by atoms with E-state index in [1.165, 1.54) is 12.2 Å². The van der Waals surface area contributed by atoms with Crippen molar-refractivity contribution in [2.75, 3.05) is 20.2 Å². The van der Waals surface area contributed by atoms with Crippen molar-refractivity contribution in [3.05, 3.63) is 65.7 Å². The third-order valence-electron chi connectivity index (χ3n) is 7.88. The number of methoxy groups -OCH3 is 1. The number of hydrogen-bond donors (Lipinski definition) is 1. The van der Waals surface area contributed by atoms with Crippen molar-refractivity contribution in [1.29, 1.82) is 0 Å². The number of aryl methyl sites for hydroxylation is 1. The normalized spacial score (nSPS) is 19.7. The molecule has 2 saturated heterocycles. The summed E-state index contributed by atoms with van der Waals surface area (Å²) in [5.74, 6) is 0.00815. The fourth-order valence-corrected chi connectivity index (χ4v) is 5.80. The van der Waals surface area contributed by atoms with Gasteiger partial charge >= 0.3 is 5.97 Å². The summed E-state index contributed by atoms with van der Waals surface area (Å²) < 4.78 is 5.13. The predicted molar refractivity (Wildman–Crippen MR) is 140 cm³/mol. The average Bonchev–Trinajstić information content (AvgIpc) is 3.48. The van der Waals surface area contributed by atoms with Crippen molar-refractivity contribution >= 4 is 22.6 Å². The number of likely N-dealkylation sites (tertiary alicyclic amines) is 1. The number of piperidine rings is 1. The molecule has 3 heterocycles. The molecule has 0 saturated carbocycles. The highest BCUT2D eigenvalue weighted by Crippen LogP contribution is 2.45. The number of unbranched alkanes of at least 4 members (excludes halogenated alkanes) is 1. The number of H-pyrrole nitrogens is 1. The van der Waals surface area contributed by atoms with Gasteiger partial charge in [-0.1, -0.05) is 49.7 Å². The number of ether oxygens (including phenoxy) is 1. The Labute approximate surface area is 217 Å². The molecule has 2 aliphatic heterocycles. The first-order valence-corrected chi connectivity index (χ1v) is 13.3. The largest absolute Gasteiger partial charge is 0.469 e. The van der Waals surface area contributed by atoms with Gasteiger partial charge in [0.05, 0.1) is 18.6 Å². The number of imidazole rings is 1. The van der Waals surface area contributed by atoms with Crippen LogP contribution in [0.2, 0.25) is 0 Å². The zero-order chi connectivity index (χ0) is 25.8. The summed E-state index contributed by atoms with van der Waals surface area (Å²) in [6.07, 6.45) is 6.56. The van der Waals surface area contributed by atoms with Crippen LogP contribution < -0.4 is 0 Å². The maximum atomic E-state index is 13.1. The Morgan fingerprint density at radius 1 is 1.16 bits per heavy atom. The molecule has 8 nitrogen and oxygen atoms in total. The Kier molecular flexibility index (Phi) is 7.58. The van der Waals surface area contributed by atoms with Crippen molar-refractivity contribution in [2.24, 2.45) is 5.92 Å². The van der Waals surface area contributed by atoms with Crippen molar-refractivity contribution in [3.63, 3.8) is 0 Å². The standard InChI is InChI=1S/C29H36N4O4/c1-3-4-9-26-30-18-24(31-26)19-32-14-12-29(13-15-32)25(28(35)36-2)17-27(34)33(29)37-20-21-10-11-22-7-5-6-8-23(22)16-21/h5-8,10-11,16,18,25H,3-4,9,12-15,17,19-20H2,1-2H3,(H,30,31). The van der Waals surface area contributed by atoms with E-state index in [-0.39, 0.29) is 24.9 Å². The molecule has 8 heteroatoms. The van der Waals surface area contributed by atoms with Crippen LogP contribution in [0.1, 0.15) is 56.1 Å². The third-order valence-corrected chi connectivity index (χ3v) is 7.88. The first-order chi connectivity index (χ1) is 18.0. The van der Waals surface area contributed by atoms with Crippen molar-refractivity contribution in [3.8, 4) is 0 Å². The first-order valence-electron chi connectivity index (χ1n) is 13.3. The molecule has 2 aromatic carbocycles. The van der Waals surface area contributed by atoms with Gasteiger partial charge in [0.1, 0.15) is 12.4 Å². The predicted octanol–water partition coefficient (Wildman–Crippen LogP) is 4.39. The Morgan fingerprint density at radius 3 is 2.70 bits per heavy atom. The number of nitrogens with zero attached hydrogens (tertiary/aromatic N) is 3. The number of aromatic amines is 1. The molecule has 5 rings (SSSR count). The monoisotopic (exact) mass is 504 g/mol. The zero-order valence-corrected chi connectivity index (χ0v) is 21.7. The number of aromatic nitrogens is 2. The molecule has 1 atom stereocenters. The van der Waals surface area contributed by atoms with Gasteiger partial charge in [-0.25, -0.2) is 10.0 Å². The number of nitrogens with one attached hydrogen (secondary N) is 1. The Morgan fingerprint density at radius 2 is 1.95 bits per heavy atom. The fraction of sp³-hybridized carbons (Fsp3) is 0.483. The zero-order valence-electron chi connectivity index (χ0n) is 21.7. The maximum absolute atomic E-state index is 13.1. The molecule has 0 bridgehead atoms. The minimum atomic E-state index is -0.697. The lowest BCUT2D eigenvalue weighted by molar-refractivity contribution is -0.229. The first kappa shape index (κ1) is 25.4. The Balaban J connectivity index is 1.28. The minimum Gasteiger partial charge on any atom is -0.469 e. The smallest absolute Gasteiger partial charge is 0.311 e. The van der Waals surface area contributed by atoms with Crippen LogP contribution in [0.15, 0.2) is 48.7 Å². The molecular weight excluding hydrogens is 468 g/mol. The van der Waals surface area contributed by atoms with Crippen molar-refractivity contribution < 1.29 is 19.2 Å². The van der Waals surface area contributed by atoms with Gasteiger partial charge in [-0.2, -0.15) is 0 Å². The summed E-state index contributed by atoms with van der Waals surface area (Å²) in [4.78, 5) is 42.4. The van der Waals surface area contributed by atoms with Crippen LogP contribution in [0.5, 0.6) is 0 Å². The summed E-state index contributed by atoms with van der Waals surface area (Å²) in [6, 6.07) is 14.3. The molecule has 37 heavy (non-hydrogen) atoms. The van der Waals surface area contributed by atoms with Crippen molar-refractivity contribution in [1.82, 2.24) is 19.9 Å². The van der Waals surface area contributed by atoms with Gasteiger partial charge < -0.3 is 9.72 Å². The molecule has 0 radical (unpaired) electrons. The molecule has 196 valence electrons. The number of hydroxylamine groups is 2. The second-order valence-corrected chi connectivity index (χ2v) is 10.3. The van der Waals surface area contributed by atoms with Gasteiger partial charge in [0.15, 0.2) is 0 Å². The van der Waals surface area contributed by atoms with Crippen LogP contribution in [0.25, 0.3) is 10.8 Å². The number of amides is 1. The highest BCUT2D eigenvalue weighted by atomic mass is 16.7. The summed E-state index contributed by atoms with van der Waals surface area (Å²) in [5, 5.41) is 3.80. The number of hydrogen-bond acceptors (Lipinski definition) is 6. The van der Waals surface area contributed by atoms with E-state index >= 15 is 0 Å². The number of carbonyl (C=O) groups is 2. The highest BCUT2D eigenvalue weighted by molar-refractivity contribution is 5.88. The number of carbonyl (C=O) groups excluding carboxylic acids is 2. The van der Waals surface area contributed by atoms with E-state index in [9.17, 15) is 9.59 Å². The second-order valence-electron chi connectivity index (χ2n) is 10.3. The summed E-state index contributed by atoms with van der Waals surface area (Å²) in [7, 11) is 1.39.